The predicted octanol–water partition coefficient (Wildman–Crippen LogP) is 3.30. The summed E-state index contributed by atoms with van der Waals surface area (Å²) in [6.07, 6.45) is -9.96. The Morgan fingerprint density at radius 2 is 1.33 bits per heavy atom. The van der Waals surface area contributed by atoms with Crippen LogP contribution in [0, 0.1) is 0 Å². The zero-order chi connectivity index (χ0) is 14.1. The van der Waals surface area contributed by atoms with Crippen molar-refractivity contribution in [2.45, 2.75) is 12.4 Å². The SMILES string of the molecule is O=C(NS)c1cc(C(F)(F)F)cc(C(F)(F)F)c1. The molecule has 1 aromatic carbocycles. The van der Waals surface area contributed by atoms with E-state index in [0.29, 0.717) is 12.1 Å². The molecule has 0 fully saturated rings. The van der Waals surface area contributed by atoms with Crippen LogP contribution in [0.15, 0.2) is 18.2 Å². The molecule has 0 atom stereocenters. The van der Waals surface area contributed by atoms with Crippen LogP contribution in [-0.2, 0) is 12.4 Å². The molecule has 0 aromatic heterocycles. The average molecular weight is 289 g/mol. The lowest BCUT2D eigenvalue weighted by Crippen LogP contribution is -2.17. The lowest BCUT2D eigenvalue weighted by atomic mass is 10.0. The molecule has 0 unspecified atom stereocenters. The molecule has 9 heteroatoms. The van der Waals surface area contributed by atoms with Crippen LogP contribution in [0.25, 0.3) is 0 Å². The van der Waals surface area contributed by atoms with Crippen molar-refractivity contribution in [3.63, 3.8) is 0 Å². The Hall–Kier alpha value is -1.38. The van der Waals surface area contributed by atoms with E-state index in [2.05, 4.69) is 12.8 Å². The molecule has 0 saturated heterocycles. The number of benzene rings is 1. The smallest absolute Gasteiger partial charge is 0.299 e. The van der Waals surface area contributed by atoms with Crippen LogP contribution in [0.2, 0.25) is 0 Å². The first kappa shape index (κ1) is 14.7. The molecule has 2 nitrogen and oxygen atoms in total. The van der Waals surface area contributed by atoms with Gasteiger partial charge in [0.05, 0.1) is 11.1 Å². The zero-order valence-electron chi connectivity index (χ0n) is 8.36. The molecule has 0 aliphatic rings. The van der Waals surface area contributed by atoms with Gasteiger partial charge in [0.25, 0.3) is 5.91 Å². The fourth-order valence-corrected chi connectivity index (χ4v) is 1.28. The van der Waals surface area contributed by atoms with Crippen LogP contribution in [-0.4, -0.2) is 5.91 Å². The summed E-state index contributed by atoms with van der Waals surface area (Å²) in [7, 11) is 0. The van der Waals surface area contributed by atoms with Crippen molar-refractivity contribution < 1.29 is 31.1 Å². The van der Waals surface area contributed by atoms with Crippen LogP contribution in [0.5, 0.6) is 0 Å². The first-order valence-corrected chi connectivity index (χ1v) is 4.74. The Morgan fingerprint density at radius 1 is 0.944 bits per heavy atom. The third kappa shape index (κ3) is 3.31. The van der Waals surface area contributed by atoms with Crippen LogP contribution < -0.4 is 4.72 Å². The second kappa shape index (κ2) is 4.71. The van der Waals surface area contributed by atoms with Gasteiger partial charge in [-0.05, 0) is 18.2 Å². The second-order valence-corrected chi connectivity index (χ2v) is 3.46. The van der Waals surface area contributed by atoms with Crippen molar-refractivity contribution in [1.29, 1.82) is 0 Å². The van der Waals surface area contributed by atoms with Crippen molar-refractivity contribution in [1.82, 2.24) is 4.72 Å². The summed E-state index contributed by atoms with van der Waals surface area (Å²) >= 11 is 3.28. The molecule has 0 bridgehead atoms. The van der Waals surface area contributed by atoms with Crippen LogP contribution >= 0.6 is 12.8 Å². The highest BCUT2D eigenvalue weighted by Crippen LogP contribution is 2.36. The summed E-state index contributed by atoms with van der Waals surface area (Å²) < 4.78 is 76.0. The Morgan fingerprint density at radius 3 is 1.61 bits per heavy atom. The van der Waals surface area contributed by atoms with Crippen LogP contribution in [0.4, 0.5) is 26.3 Å². The van der Waals surface area contributed by atoms with Gasteiger partial charge in [0.1, 0.15) is 0 Å². The molecule has 1 aromatic rings. The lowest BCUT2D eigenvalue weighted by Gasteiger charge is -2.13. The summed E-state index contributed by atoms with van der Waals surface area (Å²) in [5.41, 5.74) is -3.87. The number of carbonyl (C=O) groups is 1. The fraction of sp³-hybridized carbons (Fsp3) is 0.222. The molecule has 1 N–H and O–H groups in total. The summed E-state index contributed by atoms with van der Waals surface area (Å²) in [5.74, 6) is -1.16. The van der Waals surface area contributed by atoms with Gasteiger partial charge in [-0.1, -0.05) is 12.8 Å². The molecular weight excluding hydrogens is 284 g/mol. The predicted molar refractivity (Wildman–Crippen MR) is 52.9 cm³/mol. The summed E-state index contributed by atoms with van der Waals surface area (Å²) in [4.78, 5) is 11.0. The number of hydrogen-bond donors (Lipinski definition) is 2. The quantitative estimate of drug-likeness (QED) is 0.603. The van der Waals surface area contributed by atoms with Gasteiger partial charge in [0, 0.05) is 5.56 Å². The third-order valence-corrected chi connectivity index (χ3v) is 2.15. The van der Waals surface area contributed by atoms with E-state index in [0.717, 1.165) is 0 Å². The summed E-state index contributed by atoms with van der Waals surface area (Å²) in [5, 5.41) is 0. The van der Waals surface area contributed by atoms with Gasteiger partial charge < -0.3 is 0 Å². The number of hydrogen-bond acceptors (Lipinski definition) is 2. The number of nitrogens with one attached hydrogen (secondary N) is 1. The van der Waals surface area contributed by atoms with E-state index in [1.807, 2.05) is 0 Å². The van der Waals surface area contributed by atoms with E-state index < -0.39 is 35.0 Å². The van der Waals surface area contributed by atoms with Gasteiger partial charge >= 0.3 is 12.4 Å². The van der Waals surface area contributed by atoms with Gasteiger partial charge in [0.2, 0.25) is 0 Å². The lowest BCUT2D eigenvalue weighted by molar-refractivity contribution is -0.143. The van der Waals surface area contributed by atoms with Gasteiger partial charge in [-0.15, -0.1) is 0 Å². The van der Waals surface area contributed by atoms with Gasteiger partial charge in [0.15, 0.2) is 0 Å². The highest BCUT2D eigenvalue weighted by molar-refractivity contribution is 7.78. The van der Waals surface area contributed by atoms with Crippen LogP contribution in [0.1, 0.15) is 21.5 Å². The highest BCUT2D eigenvalue weighted by Gasteiger charge is 2.37. The van der Waals surface area contributed by atoms with Crippen molar-refractivity contribution in [2.24, 2.45) is 0 Å². The van der Waals surface area contributed by atoms with Crippen molar-refractivity contribution in [3.8, 4) is 0 Å². The standard InChI is InChI=1S/C9H5F6NOS/c10-8(11,12)5-1-4(7(17)16-18)2-6(3-5)9(13,14)15/h1-3,18H,(H,16,17). The Labute approximate surface area is 103 Å². The van der Waals surface area contributed by atoms with E-state index in [-0.39, 0.29) is 6.07 Å². The number of amides is 1. The van der Waals surface area contributed by atoms with Crippen molar-refractivity contribution in [3.05, 3.63) is 34.9 Å². The molecule has 1 rings (SSSR count). The van der Waals surface area contributed by atoms with E-state index in [1.54, 1.807) is 4.72 Å². The Bertz CT molecular complexity index is 435. The van der Waals surface area contributed by atoms with Gasteiger partial charge in [-0.2, -0.15) is 26.3 Å². The number of thiol groups is 1. The Balaban J connectivity index is 3.44. The normalized spacial score (nSPS) is 12.4. The Kier molecular flexibility index (Phi) is 3.84. The monoisotopic (exact) mass is 289 g/mol. The maximum atomic E-state index is 12.4. The molecule has 0 radical (unpaired) electrons. The van der Waals surface area contributed by atoms with E-state index in [1.165, 1.54) is 0 Å². The largest absolute Gasteiger partial charge is 0.416 e. The maximum Gasteiger partial charge on any atom is 0.416 e. The van der Waals surface area contributed by atoms with E-state index in [9.17, 15) is 31.1 Å². The third-order valence-electron chi connectivity index (χ3n) is 1.95. The average Bonchev–Trinajstić information content (AvgIpc) is 2.25. The van der Waals surface area contributed by atoms with Gasteiger partial charge in [-0.25, -0.2) is 0 Å². The molecule has 0 heterocycles. The highest BCUT2D eigenvalue weighted by atomic mass is 32.1. The number of halogens is 6. The molecule has 0 spiro atoms. The molecule has 0 saturated carbocycles. The molecule has 1 amide bonds. The minimum absolute atomic E-state index is 0.0602. The number of alkyl halides is 6. The topological polar surface area (TPSA) is 29.1 Å². The number of rotatable bonds is 1. The van der Waals surface area contributed by atoms with E-state index in [4.69, 9.17) is 0 Å². The second-order valence-electron chi connectivity index (χ2n) is 3.24. The zero-order valence-corrected chi connectivity index (χ0v) is 9.25. The van der Waals surface area contributed by atoms with Crippen molar-refractivity contribution in [2.75, 3.05) is 0 Å². The molecule has 0 aliphatic carbocycles. The minimum atomic E-state index is -4.98. The molecule has 0 aliphatic heterocycles. The van der Waals surface area contributed by atoms with Crippen molar-refractivity contribution >= 4 is 18.7 Å². The summed E-state index contributed by atoms with van der Waals surface area (Å²) in [6.45, 7) is 0. The minimum Gasteiger partial charge on any atom is -0.299 e. The van der Waals surface area contributed by atoms with E-state index >= 15 is 0 Å². The molecule has 100 valence electrons. The first-order valence-electron chi connectivity index (χ1n) is 4.29. The number of carbonyl (C=O) groups excluding carboxylic acids is 1. The molecular formula is C9H5F6NOS. The molecule has 18 heavy (non-hydrogen) atoms. The fourth-order valence-electron chi connectivity index (χ4n) is 1.15. The maximum absolute atomic E-state index is 12.4. The first-order chi connectivity index (χ1) is 8.05. The summed E-state index contributed by atoms with van der Waals surface area (Å²) in [6, 6.07) is 0.580. The van der Waals surface area contributed by atoms with Gasteiger partial charge in [-0.3, -0.25) is 9.52 Å². The van der Waals surface area contributed by atoms with Crippen LogP contribution in [0.3, 0.4) is 0 Å².